The number of aromatic nitrogens is 1. The lowest BCUT2D eigenvalue weighted by Crippen LogP contribution is -2.26. The number of hydrogen-bond acceptors (Lipinski definition) is 2. The summed E-state index contributed by atoms with van der Waals surface area (Å²) in [5.41, 5.74) is 2.41. The van der Waals surface area contributed by atoms with E-state index in [2.05, 4.69) is 42.3 Å². The van der Waals surface area contributed by atoms with Crippen LogP contribution in [0.3, 0.4) is 0 Å². The predicted octanol–water partition coefficient (Wildman–Crippen LogP) is 4.19. The first kappa shape index (κ1) is 14.0. The maximum atomic E-state index is 6.33. The number of hydrogen-bond donors (Lipinski definition) is 1. The van der Waals surface area contributed by atoms with E-state index in [4.69, 9.17) is 11.6 Å². The molecule has 0 bridgehead atoms. The minimum absolute atomic E-state index is 0.209. The summed E-state index contributed by atoms with van der Waals surface area (Å²) in [7, 11) is 0. The van der Waals surface area contributed by atoms with Gasteiger partial charge in [0.1, 0.15) is 0 Å². The van der Waals surface area contributed by atoms with Gasteiger partial charge in [0.15, 0.2) is 0 Å². The van der Waals surface area contributed by atoms with Gasteiger partial charge in [-0.2, -0.15) is 0 Å². The Morgan fingerprint density at radius 3 is 2.47 bits per heavy atom. The van der Waals surface area contributed by atoms with Gasteiger partial charge in [0, 0.05) is 29.4 Å². The number of likely N-dealkylation sites (N-methyl/N-ethyl adjacent to an activating group) is 1. The molecule has 1 aromatic carbocycles. The second-order valence-corrected chi connectivity index (χ2v) is 5.03. The molecule has 0 aliphatic carbocycles. The summed E-state index contributed by atoms with van der Waals surface area (Å²) in [4.78, 5) is 4.08. The van der Waals surface area contributed by atoms with Crippen molar-refractivity contribution in [2.45, 2.75) is 25.8 Å². The first-order valence-electron chi connectivity index (χ1n) is 6.61. The SMILES string of the molecule is CCNC(c1ccccc1Cl)C(C)c1ccncc1. The second-order valence-electron chi connectivity index (χ2n) is 4.63. The standard InChI is InChI=1S/C16H19ClN2/c1-3-19-16(14-6-4-5-7-15(14)17)12(2)13-8-10-18-11-9-13/h4-12,16,19H,3H2,1-2H3. The van der Waals surface area contributed by atoms with Crippen LogP contribution in [0.5, 0.6) is 0 Å². The fourth-order valence-electron chi connectivity index (χ4n) is 2.36. The van der Waals surface area contributed by atoms with E-state index in [1.165, 1.54) is 5.56 Å². The fraction of sp³-hybridized carbons (Fsp3) is 0.312. The van der Waals surface area contributed by atoms with Gasteiger partial charge in [0.05, 0.1) is 0 Å². The molecule has 0 aliphatic heterocycles. The molecule has 2 rings (SSSR count). The lowest BCUT2D eigenvalue weighted by molar-refractivity contribution is 0.479. The number of halogens is 1. The van der Waals surface area contributed by atoms with Crippen LogP contribution in [0.4, 0.5) is 0 Å². The molecule has 1 aromatic heterocycles. The summed E-state index contributed by atoms with van der Waals surface area (Å²) >= 11 is 6.33. The minimum Gasteiger partial charge on any atom is -0.310 e. The fourth-order valence-corrected chi connectivity index (χ4v) is 2.62. The number of nitrogens with one attached hydrogen (secondary N) is 1. The van der Waals surface area contributed by atoms with Crippen molar-refractivity contribution in [3.8, 4) is 0 Å². The highest BCUT2D eigenvalue weighted by atomic mass is 35.5. The Balaban J connectivity index is 2.33. The lowest BCUT2D eigenvalue weighted by Gasteiger charge is -2.26. The Bertz CT molecular complexity index is 513. The average Bonchev–Trinajstić information content (AvgIpc) is 2.46. The first-order valence-corrected chi connectivity index (χ1v) is 6.99. The molecule has 3 heteroatoms. The Morgan fingerprint density at radius 1 is 1.16 bits per heavy atom. The molecule has 0 fully saturated rings. The van der Waals surface area contributed by atoms with Crippen LogP contribution in [0.15, 0.2) is 48.8 Å². The van der Waals surface area contributed by atoms with E-state index in [-0.39, 0.29) is 6.04 Å². The second kappa shape index (κ2) is 6.69. The Kier molecular flexibility index (Phi) is 4.94. The van der Waals surface area contributed by atoms with E-state index in [0.717, 1.165) is 17.1 Å². The van der Waals surface area contributed by atoms with Crippen molar-refractivity contribution in [2.24, 2.45) is 0 Å². The van der Waals surface area contributed by atoms with Crippen molar-refractivity contribution in [1.82, 2.24) is 10.3 Å². The number of pyridine rings is 1. The van der Waals surface area contributed by atoms with Crippen LogP contribution in [-0.4, -0.2) is 11.5 Å². The largest absolute Gasteiger partial charge is 0.310 e. The van der Waals surface area contributed by atoms with E-state index in [1.807, 2.05) is 30.6 Å². The van der Waals surface area contributed by atoms with Crippen LogP contribution in [0.2, 0.25) is 5.02 Å². The molecule has 2 unspecified atom stereocenters. The molecule has 0 amide bonds. The van der Waals surface area contributed by atoms with Crippen molar-refractivity contribution in [1.29, 1.82) is 0 Å². The van der Waals surface area contributed by atoms with Gasteiger partial charge in [0.25, 0.3) is 0 Å². The molecular weight excluding hydrogens is 256 g/mol. The first-order chi connectivity index (χ1) is 9.24. The van der Waals surface area contributed by atoms with E-state index in [1.54, 1.807) is 0 Å². The molecule has 19 heavy (non-hydrogen) atoms. The average molecular weight is 275 g/mol. The third kappa shape index (κ3) is 3.34. The highest BCUT2D eigenvalue weighted by Crippen LogP contribution is 2.33. The molecule has 0 saturated heterocycles. The van der Waals surface area contributed by atoms with Crippen LogP contribution in [-0.2, 0) is 0 Å². The van der Waals surface area contributed by atoms with Gasteiger partial charge in [-0.1, -0.05) is 43.6 Å². The quantitative estimate of drug-likeness (QED) is 0.884. The summed E-state index contributed by atoms with van der Waals surface area (Å²) < 4.78 is 0. The highest BCUT2D eigenvalue weighted by molar-refractivity contribution is 6.31. The monoisotopic (exact) mass is 274 g/mol. The molecule has 0 radical (unpaired) electrons. The molecule has 2 atom stereocenters. The van der Waals surface area contributed by atoms with Gasteiger partial charge in [-0.25, -0.2) is 0 Å². The summed E-state index contributed by atoms with van der Waals surface area (Å²) in [6.45, 7) is 5.24. The van der Waals surface area contributed by atoms with Crippen molar-refractivity contribution in [3.05, 3.63) is 64.9 Å². The van der Waals surface area contributed by atoms with Gasteiger partial charge < -0.3 is 5.32 Å². The number of nitrogens with zero attached hydrogens (tertiary/aromatic N) is 1. The van der Waals surface area contributed by atoms with E-state index < -0.39 is 0 Å². The molecule has 100 valence electrons. The van der Waals surface area contributed by atoms with Crippen molar-refractivity contribution < 1.29 is 0 Å². The van der Waals surface area contributed by atoms with Crippen molar-refractivity contribution >= 4 is 11.6 Å². The van der Waals surface area contributed by atoms with Gasteiger partial charge in [-0.05, 0) is 35.9 Å². The summed E-state index contributed by atoms with van der Waals surface area (Å²) in [6.07, 6.45) is 3.67. The van der Waals surface area contributed by atoms with E-state index in [0.29, 0.717) is 5.92 Å². The normalized spacial score (nSPS) is 14.1. The minimum atomic E-state index is 0.209. The highest BCUT2D eigenvalue weighted by Gasteiger charge is 2.21. The van der Waals surface area contributed by atoms with Crippen LogP contribution in [0, 0.1) is 0 Å². The molecule has 1 N–H and O–H groups in total. The van der Waals surface area contributed by atoms with Gasteiger partial charge >= 0.3 is 0 Å². The third-order valence-electron chi connectivity index (χ3n) is 3.40. The molecule has 2 aromatic rings. The van der Waals surface area contributed by atoms with Gasteiger partial charge in [0.2, 0.25) is 0 Å². The maximum Gasteiger partial charge on any atom is 0.0454 e. The third-order valence-corrected chi connectivity index (χ3v) is 3.74. The summed E-state index contributed by atoms with van der Waals surface area (Å²) in [6, 6.07) is 12.4. The summed E-state index contributed by atoms with van der Waals surface area (Å²) in [5.74, 6) is 0.336. The van der Waals surface area contributed by atoms with Crippen molar-refractivity contribution in [2.75, 3.05) is 6.54 Å². The maximum absolute atomic E-state index is 6.33. The lowest BCUT2D eigenvalue weighted by atomic mass is 9.89. The Labute approximate surface area is 119 Å². The molecule has 2 nitrogen and oxygen atoms in total. The van der Waals surface area contributed by atoms with Crippen LogP contribution >= 0.6 is 11.6 Å². The Morgan fingerprint density at radius 2 is 1.84 bits per heavy atom. The molecular formula is C16H19ClN2. The predicted molar refractivity (Wildman–Crippen MR) is 80.5 cm³/mol. The Hall–Kier alpha value is -1.38. The molecule has 0 spiro atoms. The van der Waals surface area contributed by atoms with Crippen LogP contribution in [0.1, 0.15) is 36.9 Å². The smallest absolute Gasteiger partial charge is 0.0454 e. The van der Waals surface area contributed by atoms with E-state index in [9.17, 15) is 0 Å². The van der Waals surface area contributed by atoms with E-state index >= 15 is 0 Å². The van der Waals surface area contributed by atoms with Crippen molar-refractivity contribution in [3.63, 3.8) is 0 Å². The zero-order valence-corrected chi connectivity index (χ0v) is 12.1. The van der Waals surface area contributed by atoms with Gasteiger partial charge in [-0.15, -0.1) is 0 Å². The zero-order chi connectivity index (χ0) is 13.7. The number of rotatable bonds is 5. The zero-order valence-electron chi connectivity index (χ0n) is 11.3. The van der Waals surface area contributed by atoms with Gasteiger partial charge in [-0.3, -0.25) is 4.98 Å². The molecule has 1 heterocycles. The molecule has 0 saturated carbocycles. The van der Waals surface area contributed by atoms with Crippen LogP contribution < -0.4 is 5.32 Å². The molecule has 0 aliphatic rings. The topological polar surface area (TPSA) is 24.9 Å². The number of benzene rings is 1. The summed E-state index contributed by atoms with van der Waals surface area (Å²) in [5, 5.41) is 4.35. The van der Waals surface area contributed by atoms with Crippen LogP contribution in [0.25, 0.3) is 0 Å².